The van der Waals surface area contributed by atoms with Crippen LogP contribution in [0.1, 0.15) is 19.2 Å². The third kappa shape index (κ3) is 2.25. The number of aryl methyl sites for hydroxylation is 1. The molecule has 0 radical (unpaired) electrons. The normalized spacial score (nSPS) is 10.5. The lowest BCUT2D eigenvalue weighted by molar-refractivity contribution is 0.415. The van der Waals surface area contributed by atoms with Gasteiger partial charge in [-0.05, 0) is 18.6 Å². The molecule has 0 atom stereocenters. The molecule has 90 valence electrons. The average Bonchev–Trinajstić information content (AvgIpc) is 2.77. The summed E-state index contributed by atoms with van der Waals surface area (Å²) in [5.74, 6) is 1.80. The fourth-order valence-corrected chi connectivity index (χ4v) is 1.84. The minimum Gasteiger partial charge on any atom is -0.497 e. The average molecular weight is 231 g/mol. The third-order valence-corrected chi connectivity index (χ3v) is 2.69. The number of anilines is 1. The van der Waals surface area contributed by atoms with E-state index in [9.17, 15) is 0 Å². The maximum atomic E-state index is 6.02. The first-order valence-corrected chi connectivity index (χ1v) is 5.72. The van der Waals surface area contributed by atoms with Crippen molar-refractivity contribution in [3.8, 4) is 11.4 Å². The molecule has 0 bridgehead atoms. The van der Waals surface area contributed by atoms with E-state index in [0.717, 1.165) is 30.1 Å². The first-order chi connectivity index (χ1) is 8.26. The van der Waals surface area contributed by atoms with Crippen molar-refractivity contribution >= 4 is 5.69 Å². The van der Waals surface area contributed by atoms with Gasteiger partial charge in [0, 0.05) is 24.9 Å². The maximum absolute atomic E-state index is 6.02. The molecule has 4 heteroatoms. The van der Waals surface area contributed by atoms with Crippen molar-refractivity contribution in [3.05, 3.63) is 36.4 Å². The van der Waals surface area contributed by atoms with Crippen molar-refractivity contribution in [2.24, 2.45) is 0 Å². The molecule has 0 aliphatic heterocycles. The van der Waals surface area contributed by atoms with Gasteiger partial charge in [-0.25, -0.2) is 4.98 Å². The highest BCUT2D eigenvalue weighted by molar-refractivity contribution is 5.61. The van der Waals surface area contributed by atoms with Crippen molar-refractivity contribution in [1.82, 2.24) is 9.55 Å². The van der Waals surface area contributed by atoms with E-state index in [0.29, 0.717) is 5.69 Å². The van der Waals surface area contributed by atoms with Gasteiger partial charge in [-0.3, -0.25) is 0 Å². The lowest BCUT2D eigenvalue weighted by atomic mass is 10.2. The largest absolute Gasteiger partial charge is 0.497 e. The van der Waals surface area contributed by atoms with Gasteiger partial charge in [-0.1, -0.05) is 6.92 Å². The highest BCUT2D eigenvalue weighted by atomic mass is 16.5. The molecular formula is C13H17N3O. The van der Waals surface area contributed by atoms with Crippen molar-refractivity contribution in [3.63, 3.8) is 0 Å². The number of benzene rings is 1. The Morgan fingerprint density at radius 2 is 2.24 bits per heavy atom. The Kier molecular flexibility index (Phi) is 3.32. The topological polar surface area (TPSA) is 53.1 Å². The van der Waals surface area contributed by atoms with Crippen LogP contribution in [0.3, 0.4) is 0 Å². The second-order valence-corrected chi connectivity index (χ2v) is 3.89. The van der Waals surface area contributed by atoms with Crippen molar-refractivity contribution < 1.29 is 4.74 Å². The van der Waals surface area contributed by atoms with E-state index >= 15 is 0 Å². The Morgan fingerprint density at radius 1 is 1.41 bits per heavy atom. The van der Waals surface area contributed by atoms with Crippen LogP contribution in [-0.2, 0) is 6.42 Å². The van der Waals surface area contributed by atoms with Gasteiger partial charge >= 0.3 is 0 Å². The molecular weight excluding hydrogens is 214 g/mol. The zero-order chi connectivity index (χ0) is 12.3. The van der Waals surface area contributed by atoms with Gasteiger partial charge in [0.2, 0.25) is 0 Å². The van der Waals surface area contributed by atoms with Crippen molar-refractivity contribution in [2.45, 2.75) is 19.8 Å². The highest BCUT2D eigenvalue weighted by Gasteiger charge is 2.07. The minimum absolute atomic E-state index is 0.694. The molecule has 1 heterocycles. The molecule has 0 aliphatic rings. The summed E-state index contributed by atoms with van der Waals surface area (Å²) >= 11 is 0. The SMILES string of the molecule is CCCc1nccn1-c1ccc(OC)cc1N. The molecule has 0 saturated heterocycles. The third-order valence-electron chi connectivity index (χ3n) is 2.69. The van der Waals surface area contributed by atoms with Gasteiger partial charge in [-0.15, -0.1) is 0 Å². The Balaban J connectivity index is 2.42. The summed E-state index contributed by atoms with van der Waals surface area (Å²) < 4.78 is 7.17. The number of nitrogens with zero attached hydrogens (tertiary/aromatic N) is 2. The summed E-state index contributed by atoms with van der Waals surface area (Å²) in [6.45, 7) is 2.14. The van der Waals surface area contributed by atoms with Gasteiger partial charge < -0.3 is 15.0 Å². The van der Waals surface area contributed by atoms with E-state index in [4.69, 9.17) is 10.5 Å². The number of methoxy groups -OCH3 is 1. The van der Waals surface area contributed by atoms with Crippen LogP contribution >= 0.6 is 0 Å². The predicted molar refractivity (Wildman–Crippen MR) is 68.5 cm³/mol. The minimum atomic E-state index is 0.694. The summed E-state index contributed by atoms with van der Waals surface area (Å²) in [4.78, 5) is 4.34. The van der Waals surface area contributed by atoms with E-state index in [1.807, 2.05) is 29.0 Å². The molecule has 0 spiro atoms. The molecule has 0 saturated carbocycles. The Bertz CT molecular complexity index is 505. The van der Waals surface area contributed by atoms with Crippen LogP contribution in [0, 0.1) is 0 Å². The molecule has 1 aromatic heterocycles. The lowest BCUT2D eigenvalue weighted by Crippen LogP contribution is -2.03. The highest BCUT2D eigenvalue weighted by Crippen LogP contribution is 2.24. The second-order valence-electron chi connectivity index (χ2n) is 3.89. The first kappa shape index (κ1) is 11.5. The van der Waals surface area contributed by atoms with Crippen LogP contribution < -0.4 is 10.5 Å². The van der Waals surface area contributed by atoms with Gasteiger partial charge in [-0.2, -0.15) is 0 Å². The van der Waals surface area contributed by atoms with Gasteiger partial charge in [0.05, 0.1) is 18.5 Å². The van der Waals surface area contributed by atoms with E-state index in [-0.39, 0.29) is 0 Å². The standard InChI is InChI=1S/C13H17N3O/c1-3-4-13-15-7-8-16(13)12-6-5-10(17-2)9-11(12)14/h5-9H,3-4,14H2,1-2H3. The second kappa shape index (κ2) is 4.91. The summed E-state index contributed by atoms with van der Waals surface area (Å²) in [6, 6.07) is 5.68. The zero-order valence-corrected chi connectivity index (χ0v) is 10.2. The number of imidazole rings is 1. The zero-order valence-electron chi connectivity index (χ0n) is 10.2. The number of ether oxygens (including phenoxy) is 1. The molecule has 0 aliphatic carbocycles. The number of nitrogen functional groups attached to an aromatic ring is 1. The lowest BCUT2D eigenvalue weighted by Gasteiger charge is -2.11. The number of aromatic nitrogens is 2. The Morgan fingerprint density at radius 3 is 2.88 bits per heavy atom. The monoisotopic (exact) mass is 231 g/mol. The molecule has 0 fully saturated rings. The van der Waals surface area contributed by atoms with E-state index in [1.165, 1.54) is 0 Å². The molecule has 1 aromatic carbocycles. The number of hydrogen-bond donors (Lipinski definition) is 1. The smallest absolute Gasteiger partial charge is 0.121 e. The number of hydrogen-bond acceptors (Lipinski definition) is 3. The Labute approximate surface area is 101 Å². The fourth-order valence-electron chi connectivity index (χ4n) is 1.84. The van der Waals surface area contributed by atoms with Crippen LogP contribution in [0.25, 0.3) is 5.69 Å². The molecule has 2 N–H and O–H groups in total. The molecule has 17 heavy (non-hydrogen) atoms. The summed E-state index contributed by atoms with van der Waals surface area (Å²) in [5, 5.41) is 0. The molecule has 2 rings (SSSR count). The molecule has 2 aromatic rings. The van der Waals surface area contributed by atoms with Crippen LogP contribution in [0.15, 0.2) is 30.6 Å². The van der Waals surface area contributed by atoms with Crippen LogP contribution in [0.4, 0.5) is 5.69 Å². The number of rotatable bonds is 4. The van der Waals surface area contributed by atoms with Gasteiger partial charge in [0.15, 0.2) is 0 Å². The summed E-state index contributed by atoms with van der Waals surface area (Å²) in [7, 11) is 1.63. The molecule has 0 amide bonds. The van der Waals surface area contributed by atoms with Gasteiger partial charge in [0.25, 0.3) is 0 Å². The predicted octanol–water partition coefficient (Wildman–Crippen LogP) is 2.42. The summed E-state index contributed by atoms with van der Waals surface area (Å²) in [6.07, 6.45) is 5.74. The van der Waals surface area contributed by atoms with Crippen molar-refractivity contribution in [2.75, 3.05) is 12.8 Å². The van der Waals surface area contributed by atoms with E-state index in [1.54, 1.807) is 13.3 Å². The van der Waals surface area contributed by atoms with E-state index in [2.05, 4.69) is 11.9 Å². The van der Waals surface area contributed by atoms with E-state index < -0.39 is 0 Å². The van der Waals surface area contributed by atoms with Crippen LogP contribution in [0.2, 0.25) is 0 Å². The van der Waals surface area contributed by atoms with Crippen molar-refractivity contribution in [1.29, 1.82) is 0 Å². The number of nitrogens with two attached hydrogens (primary N) is 1. The summed E-state index contributed by atoms with van der Waals surface area (Å²) in [5.41, 5.74) is 7.67. The quantitative estimate of drug-likeness (QED) is 0.822. The van der Waals surface area contributed by atoms with Crippen LogP contribution in [-0.4, -0.2) is 16.7 Å². The fraction of sp³-hybridized carbons (Fsp3) is 0.308. The Hall–Kier alpha value is -1.97. The maximum Gasteiger partial charge on any atom is 0.121 e. The van der Waals surface area contributed by atoms with Crippen LogP contribution in [0.5, 0.6) is 5.75 Å². The first-order valence-electron chi connectivity index (χ1n) is 5.72. The molecule has 4 nitrogen and oxygen atoms in total. The molecule has 0 unspecified atom stereocenters. The van der Waals surface area contributed by atoms with Gasteiger partial charge in [0.1, 0.15) is 11.6 Å².